The Balaban J connectivity index is 0.00000300. The van der Waals surface area contributed by atoms with Gasteiger partial charge in [-0.05, 0) is 25.2 Å². The zero-order valence-electron chi connectivity index (χ0n) is 16.4. The maximum Gasteiger partial charge on any atom is 0.248 e. The quantitative estimate of drug-likeness (QED) is 0.567. The first kappa shape index (κ1) is 23.5. The summed E-state index contributed by atoms with van der Waals surface area (Å²) >= 11 is 7.61. The molecule has 158 valence electrons. The number of fused-ring (bicyclic) bond motifs is 1. The van der Waals surface area contributed by atoms with Crippen molar-refractivity contribution >= 4 is 68.4 Å². The van der Waals surface area contributed by atoms with Crippen molar-refractivity contribution in [3.8, 4) is 0 Å². The van der Waals surface area contributed by atoms with Gasteiger partial charge >= 0.3 is 0 Å². The molecule has 1 aliphatic heterocycles. The molecule has 7 nitrogen and oxygen atoms in total. The summed E-state index contributed by atoms with van der Waals surface area (Å²) < 4.78 is 0.886. The lowest BCUT2D eigenvalue weighted by Crippen LogP contribution is -2.45. The van der Waals surface area contributed by atoms with E-state index in [0.29, 0.717) is 28.8 Å². The molecule has 0 saturated carbocycles. The summed E-state index contributed by atoms with van der Waals surface area (Å²) in [5.41, 5.74) is 0.651. The zero-order chi connectivity index (χ0) is 20.3. The van der Waals surface area contributed by atoms with Crippen molar-refractivity contribution in [3.63, 3.8) is 0 Å². The van der Waals surface area contributed by atoms with Gasteiger partial charge in [0, 0.05) is 25.9 Å². The number of anilines is 1. The van der Waals surface area contributed by atoms with E-state index in [0.717, 1.165) is 22.7 Å². The maximum atomic E-state index is 13.0. The third-order valence-corrected chi connectivity index (χ3v) is 6.22. The van der Waals surface area contributed by atoms with Crippen LogP contribution in [0, 0.1) is 0 Å². The van der Waals surface area contributed by atoms with Crippen molar-refractivity contribution in [1.82, 2.24) is 14.8 Å². The molecule has 2 aromatic rings. The minimum Gasteiger partial charge on any atom is -0.302 e. The van der Waals surface area contributed by atoms with Crippen LogP contribution >= 0.6 is 35.3 Å². The van der Waals surface area contributed by atoms with Gasteiger partial charge in [-0.1, -0.05) is 42.9 Å². The Morgan fingerprint density at radius 3 is 2.41 bits per heavy atom. The van der Waals surface area contributed by atoms with Gasteiger partial charge in [0.15, 0.2) is 5.13 Å². The normalized spacial score (nSPS) is 14.0. The molecule has 1 saturated heterocycles. The summed E-state index contributed by atoms with van der Waals surface area (Å²) in [6.45, 7) is 6.71. The third-order valence-electron chi connectivity index (χ3n) is 4.87. The van der Waals surface area contributed by atoms with Crippen molar-refractivity contribution in [2.75, 3.05) is 37.6 Å². The lowest BCUT2D eigenvalue weighted by Gasteiger charge is -2.26. The molecule has 0 unspecified atom stereocenters. The van der Waals surface area contributed by atoms with Gasteiger partial charge in [0.05, 0.1) is 9.72 Å². The number of aromatic nitrogens is 1. The van der Waals surface area contributed by atoms with E-state index in [1.165, 1.54) is 11.3 Å². The minimum absolute atomic E-state index is 0. The number of carbonyl (C=O) groups excluding carboxylic acids is 3. The molecule has 1 aromatic carbocycles. The largest absolute Gasteiger partial charge is 0.302 e. The molecule has 0 N–H and O–H groups in total. The summed E-state index contributed by atoms with van der Waals surface area (Å²) in [4.78, 5) is 46.3. The number of carbonyl (C=O) groups is 3. The van der Waals surface area contributed by atoms with E-state index in [1.54, 1.807) is 11.0 Å². The summed E-state index contributed by atoms with van der Waals surface area (Å²) in [5.74, 6) is -0.908. The standard InChI is InChI=1S/C19H23ClN4O3S.ClH/c1-3-22(4-2)10-11-23(17(27)12-24-15(25)8-9-16(24)26)19-21-18-13(20)6-5-7-14(18)28-19;/h5-7H,3-4,8-12H2,1-2H3;1H. The van der Waals surface area contributed by atoms with Crippen molar-refractivity contribution < 1.29 is 14.4 Å². The van der Waals surface area contributed by atoms with Crippen LogP contribution in [0.2, 0.25) is 5.02 Å². The van der Waals surface area contributed by atoms with Crippen LogP contribution in [-0.2, 0) is 14.4 Å². The maximum absolute atomic E-state index is 13.0. The van der Waals surface area contributed by atoms with Gasteiger partial charge in [-0.15, -0.1) is 12.4 Å². The van der Waals surface area contributed by atoms with E-state index in [1.807, 2.05) is 12.1 Å². The van der Waals surface area contributed by atoms with E-state index >= 15 is 0 Å². The van der Waals surface area contributed by atoms with E-state index in [2.05, 4.69) is 23.7 Å². The van der Waals surface area contributed by atoms with Crippen LogP contribution < -0.4 is 4.90 Å². The van der Waals surface area contributed by atoms with Crippen LogP contribution in [0.15, 0.2) is 18.2 Å². The fourth-order valence-electron chi connectivity index (χ4n) is 3.15. The number of nitrogens with zero attached hydrogens (tertiary/aromatic N) is 4. The molecular weight excluding hydrogens is 435 g/mol. The summed E-state index contributed by atoms with van der Waals surface area (Å²) in [7, 11) is 0. The molecule has 10 heteroatoms. The lowest BCUT2D eigenvalue weighted by molar-refractivity contribution is -0.141. The number of para-hydroxylation sites is 1. The van der Waals surface area contributed by atoms with Gasteiger partial charge in [0.2, 0.25) is 17.7 Å². The molecule has 0 aliphatic carbocycles. The molecule has 3 rings (SSSR count). The monoisotopic (exact) mass is 458 g/mol. The van der Waals surface area contributed by atoms with Crippen LogP contribution in [0.25, 0.3) is 10.2 Å². The van der Waals surface area contributed by atoms with Gasteiger partial charge in [-0.2, -0.15) is 0 Å². The second-order valence-corrected chi connectivity index (χ2v) is 7.95. The van der Waals surface area contributed by atoms with Gasteiger partial charge < -0.3 is 4.90 Å². The fraction of sp³-hybridized carbons (Fsp3) is 0.474. The summed E-state index contributed by atoms with van der Waals surface area (Å²) in [6, 6.07) is 5.51. The van der Waals surface area contributed by atoms with Crippen LogP contribution in [0.1, 0.15) is 26.7 Å². The van der Waals surface area contributed by atoms with Crippen molar-refractivity contribution in [3.05, 3.63) is 23.2 Å². The van der Waals surface area contributed by atoms with Crippen molar-refractivity contribution in [2.45, 2.75) is 26.7 Å². The molecule has 3 amide bonds. The molecule has 1 aromatic heterocycles. The molecule has 2 heterocycles. The Hall–Kier alpha value is -1.74. The van der Waals surface area contributed by atoms with E-state index in [-0.39, 0.29) is 49.5 Å². The fourth-order valence-corrected chi connectivity index (χ4v) is 4.46. The highest BCUT2D eigenvalue weighted by Crippen LogP contribution is 2.33. The highest BCUT2D eigenvalue weighted by Gasteiger charge is 2.32. The SMILES string of the molecule is CCN(CC)CCN(C(=O)CN1C(=O)CCC1=O)c1nc2c(Cl)cccc2s1.Cl. The zero-order valence-corrected chi connectivity index (χ0v) is 18.8. The number of thiazole rings is 1. The molecular formula is C19H24Cl2N4O3S. The third kappa shape index (κ3) is 5.25. The van der Waals surface area contributed by atoms with Gasteiger partial charge in [-0.3, -0.25) is 24.2 Å². The number of amides is 3. The average Bonchev–Trinajstić information content (AvgIpc) is 3.24. The first-order valence-corrected chi connectivity index (χ1v) is 10.5. The number of likely N-dealkylation sites (N-methyl/N-ethyl adjacent to an activating group) is 1. The van der Waals surface area contributed by atoms with E-state index in [9.17, 15) is 14.4 Å². The lowest BCUT2D eigenvalue weighted by atomic mass is 10.3. The Labute approximate surface area is 185 Å². The van der Waals surface area contributed by atoms with Crippen LogP contribution in [0.5, 0.6) is 0 Å². The topological polar surface area (TPSA) is 73.8 Å². The molecule has 0 bridgehead atoms. The predicted molar refractivity (Wildman–Crippen MR) is 118 cm³/mol. The predicted octanol–water partition coefficient (Wildman–Crippen LogP) is 3.20. The van der Waals surface area contributed by atoms with Crippen molar-refractivity contribution in [1.29, 1.82) is 0 Å². The molecule has 29 heavy (non-hydrogen) atoms. The summed E-state index contributed by atoms with van der Waals surface area (Å²) in [6.07, 6.45) is 0.338. The number of benzene rings is 1. The Morgan fingerprint density at radius 1 is 1.17 bits per heavy atom. The molecule has 1 fully saturated rings. The number of hydrogen-bond donors (Lipinski definition) is 0. The average molecular weight is 459 g/mol. The second-order valence-electron chi connectivity index (χ2n) is 6.53. The second kappa shape index (κ2) is 10.3. The van der Waals surface area contributed by atoms with Crippen LogP contribution in [0.4, 0.5) is 5.13 Å². The molecule has 0 radical (unpaired) electrons. The number of rotatable bonds is 8. The van der Waals surface area contributed by atoms with Crippen molar-refractivity contribution in [2.24, 2.45) is 0 Å². The number of likely N-dealkylation sites (tertiary alicyclic amines) is 1. The molecule has 1 aliphatic rings. The first-order valence-electron chi connectivity index (χ1n) is 9.35. The Kier molecular flexibility index (Phi) is 8.39. The van der Waals surface area contributed by atoms with E-state index in [4.69, 9.17) is 11.6 Å². The van der Waals surface area contributed by atoms with Crippen LogP contribution in [-0.4, -0.2) is 65.2 Å². The smallest absolute Gasteiger partial charge is 0.248 e. The van der Waals surface area contributed by atoms with Gasteiger partial charge in [0.25, 0.3) is 0 Å². The van der Waals surface area contributed by atoms with Gasteiger partial charge in [-0.25, -0.2) is 4.98 Å². The van der Waals surface area contributed by atoms with Crippen LogP contribution in [0.3, 0.4) is 0 Å². The number of imide groups is 1. The summed E-state index contributed by atoms with van der Waals surface area (Å²) in [5, 5.41) is 1.06. The van der Waals surface area contributed by atoms with Gasteiger partial charge in [0.1, 0.15) is 12.1 Å². The highest BCUT2D eigenvalue weighted by molar-refractivity contribution is 7.22. The number of halogens is 2. The molecule has 0 atom stereocenters. The highest BCUT2D eigenvalue weighted by atomic mass is 35.5. The minimum atomic E-state index is -0.314. The molecule has 0 spiro atoms. The first-order chi connectivity index (χ1) is 13.4. The van der Waals surface area contributed by atoms with E-state index < -0.39 is 0 Å². The Morgan fingerprint density at radius 2 is 1.83 bits per heavy atom. The number of hydrogen-bond acceptors (Lipinski definition) is 6. The Bertz CT molecular complexity index is 885.